The van der Waals surface area contributed by atoms with Crippen LogP contribution < -0.4 is 0 Å². The van der Waals surface area contributed by atoms with Gasteiger partial charge in [-0.3, -0.25) is 9.67 Å². The summed E-state index contributed by atoms with van der Waals surface area (Å²) >= 11 is 1.34. The second-order valence-corrected chi connectivity index (χ2v) is 6.44. The van der Waals surface area contributed by atoms with E-state index in [2.05, 4.69) is 15.1 Å². The minimum Gasteiger partial charge on any atom is -0.461 e. The molecule has 0 aromatic carbocycles. The van der Waals surface area contributed by atoms with E-state index in [1.165, 1.54) is 11.3 Å². The van der Waals surface area contributed by atoms with Crippen LogP contribution in [0.3, 0.4) is 0 Å². The summed E-state index contributed by atoms with van der Waals surface area (Å²) in [6.45, 7) is 2.20. The van der Waals surface area contributed by atoms with Crippen LogP contribution >= 0.6 is 11.3 Å². The van der Waals surface area contributed by atoms with Crippen LogP contribution in [0.4, 0.5) is 0 Å². The van der Waals surface area contributed by atoms with E-state index in [-0.39, 0.29) is 5.97 Å². The average molecular weight is 342 g/mol. The van der Waals surface area contributed by atoms with Crippen molar-refractivity contribution < 1.29 is 9.53 Å². The van der Waals surface area contributed by atoms with Crippen LogP contribution in [0.2, 0.25) is 0 Å². The summed E-state index contributed by atoms with van der Waals surface area (Å²) in [5, 5.41) is 4.91. The highest BCUT2D eigenvalue weighted by Gasteiger charge is 2.18. The van der Waals surface area contributed by atoms with Crippen LogP contribution in [0.15, 0.2) is 36.9 Å². The lowest BCUT2D eigenvalue weighted by Crippen LogP contribution is -2.06. The molecular formula is C17H18N4O2S. The Bertz CT molecular complexity index is 826. The van der Waals surface area contributed by atoms with Crippen LogP contribution in [0, 0.1) is 6.92 Å². The Balaban J connectivity index is 1.56. The van der Waals surface area contributed by atoms with E-state index in [0.717, 1.165) is 29.0 Å². The van der Waals surface area contributed by atoms with Gasteiger partial charge in [0.2, 0.25) is 0 Å². The lowest BCUT2D eigenvalue weighted by Gasteiger charge is -2.03. The van der Waals surface area contributed by atoms with Crippen LogP contribution in [-0.2, 0) is 18.2 Å². The molecule has 0 atom stereocenters. The second kappa shape index (κ2) is 7.35. The van der Waals surface area contributed by atoms with Gasteiger partial charge in [0.15, 0.2) is 0 Å². The first kappa shape index (κ1) is 16.3. The fourth-order valence-electron chi connectivity index (χ4n) is 2.29. The molecule has 0 N–H and O–H groups in total. The molecule has 0 aliphatic heterocycles. The highest BCUT2D eigenvalue weighted by atomic mass is 32.1. The Labute approximate surface area is 144 Å². The summed E-state index contributed by atoms with van der Waals surface area (Å²) < 4.78 is 7.09. The maximum atomic E-state index is 12.2. The fourth-order valence-corrected chi connectivity index (χ4v) is 3.23. The van der Waals surface area contributed by atoms with E-state index in [4.69, 9.17) is 4.74 Å². The number of hydrogen-bond acceptors (Lipinski definition) is 6. The van der Waals surface area contributed by atoms with Gasteiger partial charge in [-0.05, 0) is 31.4 Å². The summed E-state index contributed by atoms with van der Waals surface area (Å²) in [6.07, 6.45) is 8.79. The topological polar surface area (TPSA) is 69.9 Å². The van der Waals surface area contributed by atoms with E-state index < -0.39 is 0 Å². The molecular weight excluding hydrogens is 324 g/mol. The molecule has 0 saturated heterocycles. The van der Waals surface area contributed by atoms with Gasteiger partial charge in [0.1, 0.15) is 9.88 Å². The summed E-state index contributed by atoms with van der Waals surface area (Å²) in [6, 6.07) is 3.92. The molecule has 0 radical (unpaired) electrons. The molecule has 0 aliphatic carbocycles. The number of pyridine rings is 1. The molecule has 0 unspecified atom stereocenters. The predicted molar refractivity (Wildman–Crippen MR) is 91.9 cm³/mol. The number of carbonyl (C=O) groups is 1. The molecule has 0 amide bonds. The molecule has 3 heterocycles. The molecule has 0 spiro atoms. The van der Waals surface area contributed by atoms with Crippen molar-refractivity contribution in [2.24, 2.45) is 7.05 Å². The van der Waals surface area contributed by atoms with Crippen LogP contribution in [0.1, 0.15) is 27.3 Å². The van der Waals surface area contributed by atoms with Gasteiger partial charge in [-0.15, -0.1) is 11.3 Å². The molecule has 0 aliphatic rings. The molecule has 0 bridgehead atoms. The van der Waals surface area contributed by atoms with Gasteiger partial charge in [0.05, 0.1) is 18.5 Å². The predicted octanol–water partition coefficient (Wildman–Crippen LogP) is 3.04. The standard InChI is InChI=1S/C17H18N4O2S/c1-12-15(24-16(20-12)14-10-19-21(2)11-14)17(22)23-8-4-6-13-5-3-7-18-9-13/h3,5,7,9-11H,4,6,8H2,1-2H3. The Morgan fingerprint density at radius 3 is 2.96 bits per heavy atom. The largest absolute Gasteiger partial charge is 0.461 e. The lowest BCUT2D eigenvalue weighted by molar-refractivity contribution is 0.0505. The van der Waals surface area contributed by atoms with E-state index in [0.29, 0.717) is 17.2 Å². The van der Waals surface area contributed by atoms with Crippen molar-refractivity contribution in [3.8, 4) is 10.6 Å². The number of ether oxygens (including phenoxy) is 1. The van der Waals surface area contributed by atoms with Gasteiger partial charge in [-0.1, -0.05) is 6.07 Å². The monoisotopic (exact) mass is 342 g/mol. The van der Waals surface area contributed by atoms with Crippen molar-refractivity contribution >= 4 is 17.3 Å². The number of aryl methyl sites for hydroxylation is 3. The third-order valence-corrected chi connectivity index (χ3v) is 4.69. The van der Waals surface area contributed by atoms with Crippen LogP contribution in [-0.4, -0.2) is 32.3 Å². The Morgan fingerprint density at radius 1 is 1.38 bits per heavy atom. The van der Waals surface area contributed by atoms with Gasteiger partial charge in [0, 0.05) is 31.2 Å². The first-order valence-electron chi connectivity index (χ1n) is 7.66. The Kier molecular flexibility index (Phi) is 5.00. The van der Waals surface area contributed by atoms with Crippen molar-refractivity contribution in [2.45, 2.75) is 19.8 Å². The van der Waals surface area contributed by atoms with Gasteiger partial charge >= 0.3 is 5.97 Å². The Hall–Kier alpha value is -2.54. The zero-order valence-electron chi connectivity index (χ0n) is 13.6. The second-order valence-electron chi connectivity index (χ2n) is 5.44. The van der Waals surface area contributed by atoms with Crippen LogP contribution in [0.5, 0.6) is 0 Å². The maximum Gasteiger partial charge on any atom is 0.350 e. The SMILES string of the molecule is Cc1nc(-c2cnn(C)c2)sc1C(=O)OCCCc1cccnc1. The van der Waals surface area contributed by atoms with Gasteiger partial charge in [-0.25, -0.2) is 9.78 Å². The summed E-state index contributed by atoms with van der Waals surface area (Å²) in [5.41, 5.74) is 2.73. The quantitative estimate of drug-likeness (QED) is 0.509. The summed E-state index contributed by atoms with van der Waals surface area (Å²) in [5.74, 6) is -0.314. The van der Waals surface area contributed by atoms with E-state index in [1.54, 1.807) is 17.1 Å². The number of aromatic nitrogens is 4. The van der Waals surface area contributed by atoms with Crippen molar-refractivity contribution in [1.82, 2.24) is 19.7 Å². The molecule has 124 valence electrons. The lowest BCUT2D eigenvalue weighted by atomic mass is 10.2. The zero-order chi connectivity index (χ0) is 16.9. The van der Waals surface area contributed by atoms with Gasteiger partial charge in [-0.2, -0.15) is 5.10 Å². The molecule has 3 aromatic rings. The minimum absolute atomic E-state index is 0.314. The fraction of sp³-hybridized carbons (Fsp3) is 0.294. The van der Waals surface area contributed by atoms with Crippen molar-refractivity contribution in [3.63, 3.8) is 0 Å². The number of thiazole rings is 1. The number of nitrogens with zero attached hydrogens (tertiary/aromatic N) is 4. The molecule has 0 fully saturated rings. The van der Waals surface area contributed by atoms with E-state index in [9.17, 15) is 4.79 Å². The zero-order valence-corrected chi connectivity index (χ0v) is 14.4. The van der Waals surface area contributed by atoms with Gasteiger partial charge < -0.3 is 4.74 Å². The summed E-state index contributed by atoms with van der Waals surface area (Å²) in [7, 11) is 1.85. The molecule has 7 heteroatoms. The van der Waals surface area contributed by atoms with Crippen molar-refractivity contribution in [3.05, 3.63) is 53.1 Å². The van der Waals surface area contributed by atoms with E-state index >= 15 is 0 Å². The minimum atomic E-state index is -0.314. The highest BCUT2D eigenvalue weighted by molar-refractivity contribution is 7.17. The smallest absolute Gasteiger partial charge is 0.350 e. The van der Waals surface area contributed by atoms with Crippen LogP contribution in [0.25, 0.3) is 10.6 Å². The maximum absolute atomic E-state index is 12.2. The molecule has 24 heavy (non-hydrogen) atoms. The average Bonchev–Trinajstić information content (AvgIpc) is 3.18. The third-order valence-electron chi connectivity index (χ3n) is 3.50. The molecule has 6 nitrogen and oxygen atoms in total. The molecule has 0 saturated carbocycles. The first-order valence-corrected chi connectivity index (χ1v) is 8.47. The third kappa shape index (κ3) is 3.86. The molecule has 3 aromatic heterocycles. The van der Waals surface area contributed by atoms with Crippen molar-refractivity contribution in [2.75, 3.05) is 6.61 Å². The first-order chi connectivity index (χ1) is 11.6. The number of hydrogen-bond donors (Lipinski definition) is 0. The Morgan fingerprint density at radius 2 is 2.25 bits per heavy atom. The van der Waals surface area contributed by atoms with Gasteiger partial charge in [0.25, 0.3) is 0 Å². The number of rotatable bonds is 6. The van der Waals surface area contributed by atoms with Crippen molar-refractivity contribution in [1.29, 1.82) is 0 Å². The highest BCUT2D eigenvalue weighted by Crippen LogP contribution is 2.28. The normalized spacial score (nSPS) is 10.8. The molecule has 3 rings (SSSR count). The van der Waals surface area contributed by atoms with E-state index in [1.807, 2.05) is 38.5 Å². The number of esters is 1. The summed E-state index contributed by atoms with van der Waals surface area (Å²) in [4.78, 5) is 21.3. The number of carbonyl (C=O) groups excluding carboxylic acids is 1.